The van der Waals surface area contributed by atoms with E-state index >= 15 is 0 Å². The standard InChI is InChI=1S/C18H15Cl2N3O3S/c1-27(25,26)15-6-3-12(4-7-15)18(24)22-17-8-9-21-23(17)11-13-2-5-14(19)10-16(13)20/h2-10H,11H2,1H3,(H,22,24). The normalized spacial score (nSPS) is 11.4. The minimum absolute atomic E-state index is 0.154. The topological polar surface area (TPSA) is 81.1 Å². The monoisotopic (exact) mass is 423 g/mol. The van der Waals surface area contributed by atoms with Crippen LogP contribution in [0.5, 0.6) is 0 Å². The van der Waals surface area contributed by atoms with E-state index in [1.807, 2.05) is 0 Å². The number of anilines is 1. The second-order valence-corrected chi connectivity index (χ2v) is 8.72. The molecule has 6 nitrogen and oxygen atoms in total. The number of rotatable bonds is 5. The van der Waals surface area contributed by atoms with Gasteiger partial charge in [0, 0.05) is 27.9 Å². The van der Waals surface area contributed by atoms with E-state index in [0.29, 0.717) is 28.0 Å². The first-order valence-electron chi connectivity index (χ1n) is 7.81. The number of carbonyl (C=O) groups is 1. The quantitative estimate of drug-likeness (QED) is 0.674. The van der Waals surface area contributed by atoms with Crippen molar-refractivity contribution in [1.29, 1.82) is 0 Å². The smallest absolute Gasteiger partial charge is 0.256 e. The Hall–Kier alpha value is -2.35. The van der Waals surface area contributed by atoms with Crippen molar-refractivity contribution in [1.82, 2.24) is 9.78 Å². The summed E-state index contributed by atoms with van der Waals surface area (Å²) in [6.07, 6.45) is 2.68. The number of benzene rings is 2. The van der Waals surface area contributed by atoms with Gasteiger partial charge in [-0.1, -0.05) is 29.3 Å². The van der Waals surface area contributed by atoms with Crippen molar-refractivity contribution in [3.63, 3.8) is 0 Å². The molecule has 9 heteroatoms. The molecule has 0 aliphatic rings. The Labute approximate surface area is 166 Å². The maximum Gasteiger partial charge on any atom is 0.256 e. The number of nitrogens with one attached hydrogen (secondary N) is 1. The molecule has 0 bridgehead atoms. The minimum atomic E-state index is -3.31. The average Bonchev–Trinajstić information content (AvgIpc) is 3.03. The van der Waals surface area contributed by atoms with E-state index in [1.54, 1.807) is 35.1 Å². The number of nitrogens with zero attached hydrogens (tertiary/aromatic N) is 2. The van der Waals surface area contributed by atoms with Crippen molar-refractivity contribution < 1.29 is 13.2 Å². The Morgan fingerprint density at radius 1 is 1.11 bits per heavy atom. The summed E-state index contributed by atoms with van der Waals surface area (Å²) in [5.74, 6) is 0.109. The molecule has 0 aliphatic carbocycles. The van der Waals surface area contributed by atoms with Crippen LogP contribution < -0.4 is 5.32 Å². The van der Waals surface area contributed by atoms with Crippen molar-refractivity contribution in [2.24, 2.45) is 0 Å². The third-order valence-electron chi connectivity index (χ3n) is 3.84. The minimum Gasteiger partial charge on any atom is -0.307 e. The van der Waals surface area contributed by atoms with E-state index in [0.717, 1.165) is 11.8 Å². The molecule has 3 aromatic rings. The molecule has 0 fully saturated rings. The average molecular weight is 424 g/mol. The molecular formula is C18H15Cl2N3O3S. The summed E-state index contributed by atoms with van der Waals surface area (Å²) in [6.45, 7) is 0.353. The first kappa shape index (κ1) is 19.4. The Morgan fingerprint density at radius 2 is 1.81 bits per heavy atom. The Bertz CT molecular complexity index is 1090. The number of hydrogen-bond acceptors (Lipinski definition) is 4. The van der Waals surface area contributed by atoms with E-state index < -0.39 is 9.84 Å². The molecule has 0 spiro atoms. The lowest BCUT2D eigenvalue weighted by Gasteiger charge is -2.11. The number of sulfone groups is 1. The van der Waals surface area contributed by atoms with Crippen LogP contribution in [0.1, 0.15) is 15.9 Å². The zero-order valence-electron chi connectivity index (χ0n) is 14.2. The molecule has 140 valence electrons. The van der Waals surface area contributed by atoms with E-state index in [1.165, 1.54) is 24.3 Å². The van der Waals surface area contributed by atoms with Crippen LogP contribution in [0.4, 0.5) is 5.82 Å². The van der Waals surface area contributed by atoms with Gasteiger partial charge in [0.25, 0.3) is 5.91 Å². The van der Waals surface area contributed by atoms with E-state index in [-0.39, 0.29) is 10.8 Å². The predicted molar refractivity (Wildman–Crippen MR) is 105 cm³/mol. The van der Waals surface area contributed by atoms with Crippen molar-refractivity contribution in [3.8, 4) is 0 Å². The first-order valence-corrected chi connectivity index (χ1v) is 10.5. The van der Waals surface area contributed by atoms with Gasteiger partial charge in [-0.2, -0.15) is 5.10 Å². The van der Waals surface area contributed by atoms with Gasteiger partial charge in [-0.3, -0.25) is 4.79 Å². The van der Waals surface area contributed by atoms with Crippen LogP contribution in [0.2, 0.25) is 10.0 Å². The van der Waals surface area contributed by atoms with Gasteiger partial charge in [0.05, 0.1) is 17.6 Å². The second kappa shape index (κ2) is 7.72. The van der Waals surface area contributed by atoms with Gasteiger partial charge in [-0.25, -0.2) is 13.1 Å². The lowest BCUT2D eigenvalue weighted by atomic mass is 10.2. The van der Waals surface area contributed by atoms with Crippen LogP contribution in [0.15, 0.2) is 59.6 Å². The molecule has 1 aromatic heterocycles. The molecule has 2 aromatic carbocycles. The van der Waals surface area contributed by atoms with Gasteiger partial charge < -0.3 is 5.32 Å². The van der Waals surface area contributed by atoms with Gasteiger partial charge in [0.1, 0.15) is 5.82 Å². The number of aromatic nitrogens is 2. The van der Waals surface area contributed by atoms with E-state index in [4.69, 9.17) is 23.2 Å². The Kier molecular flexibility index (Phi) is 5.55. The summed E-state index contributed by atoms with van der Waals surface area (Å²) in [5.41, 5.74) is 1.14. The third kappa shape index (κ3) is 4.68. The predicted octanol–water partition coefficient (Wildman–Crippen LogP) is 3.89. The molecule has 0 atom stereocenters. The van der Waals surface area contributed by atoms with Crippen LogP contribution in [-0.2, 0) is 16.4 Å². The first-order chi connectivity index (χ1) is 12.7. The molecule has 27 heavy (non-hydrogen) atoms. The molecule has 0 radical (unpaired) electrons. The van der Waals surface area contributed by atoms with Crippen LogP contribution in [0, 0.1) is 0 Å². The molecule has 0 saturated carbocycles. The van der Waals surface area contributed by atoms with Crippen molar-refractivity contribution in [2.75, 3.05) is 11.6 Å². The highest BCUT2D eigenvalue weighted by atomic mass is 35.5. The summed E-state index contributed by atoms with van der Waals surface area (Å²) in [5, 5.41) is 8.00. The summed E-state index contributed by atoms with van der Waals surface area (Å²) >= 11 is 12.1. The Morgan fingerprint density at radius 3 is 2.44 bits per heavy atom. The molecule has 1 amide bonds. The van der Waals surface area contributed by atoms with Crippen molar-refractivity contribution in [3.05, 3.63) is 75.9 Å². The molecule has 1 N–H and O–H groups in total. The third-order valence-corrected chi connectivity index (χ3v) is 5.55. The van der Waals surface area contributed by atoms with Gasteiger partial charge in [-0.15, -0.1) is 0 Å². The van der Waals surface area contributed by atoms with Gasteiger partial charge in [0.2, 0.25) is 0 Å². The second-order valence-electron chi connectivity index (χ2n) is 5.86. The van der Waals surface area contributed by atoms with Crippen LogP contribution >= 0.6 is 23.2 Å². The van der Waals surface area contributed by atoms with Gasteiger partial charge in [0.15, 0.2) is 9.84 Å². The number of carbonyl (C=O) groups excluding carboxylic acids is 1. The van der Waals surface area contributed by atoms with Crippen molar-refractivity contribution >= 4 is 44.8 Å². The van der Waals surface area contributed by atoms with Gasteiger partial charge in [-0.05, 0) is 42.0 Å². The fraction of sp³-hybridized carbons (Fsp3) is 0.111. The van der Waals surface area contributed by atoms with Crippen LogP contribution in [-0.4, -0.2) is 30.4 Å². The summed E-state index contributed by atoms with van der Waals surface area (Å²) < 4.78 is 24.6. The largest absolute Gasteiger partial charge is 0.307 e. The molecule has 3 rings (SSSR count). The lowest BCUT2D eigenvalue weighted by Crippen LogP contribution is -2.16. The zero-order valence-corrected chi connectivity index (χ0v) is 16.5. The summed E-state index contributed by atoms with van der Waals surface area (Å²) in [6, 6.07) is 12.5. The number of hydrogen-bond donors (Lipinski definition) is 1. The van der Waals surface area contributed by atoms with Crippen molar-refractivity contribution in [2.45, 2.75) is 11.4 Å². The fourth-order valence-electron chi connectivity index (χ4n) is 2.42. The van der Waals surface area contributed by atoms with Crippen LogP contribution in [0.3, 0.4) is 0 Å². The Balaban J connectivity index is 1.77. The summed E-state index contributed by atoms with van der Waals surface area (Å²) in [4.78, 5) is 12.6. The maximum absolute atomic E-state index is 12.4. The lowest BCUT2D eigenvalue weighted by molar-refractivity contribution is 0.102. The molecule has 0 aliphatic heterocycles. The molecule has 0 unspecified atom stereocenters. The van der Waals surface area contributed by atoms with E-state index in [2.05, 4.69) is 10.4 Å². The molecule has 1 heterocycles. The van der Waals surface area contributed by atoms with Gasteiger partial charge >= 0.3 is 0 Å². The van der Waals surface area contributed by atoms with Crippen LogP contribution in [0.25, 0.3) is 0 Å². The maximum atomic E-state index is 12.4. The SMILES string of the molecule is CS(=O)(=O)c1ccc(C(=O)Nc2ccnn2Cc2ccc(Cl)cc2Cl)cc1. The zero-order chi connectivity index (χ0) is 19.6. The molecular weight excluding hydrogens is 409 g/mol. The van der Waals surface area contributed by atoms with E-state index in [9.17, 15) is 13.2 Å². The highest BCUT2D eigenvalue weighted by Crippen LogP contribution is 2.23. The highest BCUT2D eigenvalue weighted by Gasteiger charge is 2.13. The summed E-state index contributed by atoms with van der Waals surface area (Å²) in [7, 11) is -3.31. The highest BCUT2D eigenvalue weighted by molar-refractivity contribution is 7.90. The fourth-order valence-corrected chi connectivity index (χ4v) is 3.52. The number of amides is 1. The molecule has 0 saturated heterocycles. The number of halogens is 2.